The van der Waals surface area contributed by atoms with E-state index in [-0.39, 0.29) is 5.92 Å². The van der Waals surface area contributed by atoms with Crippen LogP contribution >= 0.6 is 0 Å². The van der Waals surface area contributed by atoms with Gasteiger partial charge in [-0.3, -0.25) is 9.79 Å². The summed E-state index contributed by atoms with van der Waals surface area (Å²) in [4.78, 5) is 29.2. The smallest absolute Gasteiger partial charge is 0.328 e. The molecule has 4 unspecified atom stereocenters. The first kappa shape index (κ1) is 17.0. The highest BCUT2D eigenvalue weighted by atomic mass is 16.4. The van der Waals surface area contributed by atoms with Crippen LogP contribution < -0.4 is 5.73 Å². The van der Waals surface area contributed by atoms with Crippen LogP contribution in [0.5, 0.6) is 0 Å². The molecule has 3 rings (SSSR count). The van der Waals surface area contributed by atoms with Crippen molar-refractivity contribution in [2.45, 2.75) is 63.1 Å². The molecule has 0 aromatic carbocycles. The number of carboxylic acids is 2. The largest absolute Gasteiger partial charge is 0.480 e. The zero-order valence-electron chi connectivity index (χ0n) is 13.7. The molecule has 0 radical (unpaired) electrons. The molecular weight excluding hydrogens is 310 g/mol. The van der Waals surface area contributed by atoms with Gasteiger partial charge in [0.2, 0.25) is 0 Å². The number of aliphatic carboxylic acids is 2. The number of rotatable bonds is 5. The number of carbonyl (C=O) groups is 2. The van der Waals surface area contributed by atoms with E-state index in [0.29, 0.717) is 25.3 Å². The van der Waals surface area contributed by atoms with Crippen molar-refractivity contribution in [2.75, 3.05) is 6.54 Å². The van der Waals surface area contributed by atoms with Crippen molar-refractivity contribution in [3.8, 4) is 0 Å². The van der Waals surface area contributed by atoms with Gasteiger partial charge in [0.15, 0.2) is 0 Å². The van der Waals surface area contributed by atoms with E-state index < -0.39 is 24.0 Å². The highest BCUT2D eigenvalue weighted by Gasteiger charge is 2.40. The summed E-state index contributed by atoms with van der Waals surface area (Å²) in [6.45, 7) is 1.01. The summed E-state index contributed by atoms with van der Waals surface area (Å²) in [5.74, 6) is -1.62. The van der Waals surface area contributed by atoms with Gasteiger partial charge in [0.25, 0.3) is 0 Å². The Balaban J connectivity index is 1.86. The van der Waals surface area contributed by atoms with Crippen molar-refractivity contribution >= 4 is 17.7 Å². The Hall–Kier alpha value is -1.89. The highest BCUT2D eigenvalue weighted by molar-refractivity contribution is 6.04. The first-order valence-corrected chi connectivity index (χ1v) is 8.73. The summed E-state index contributed by atoms with van der Waals surface area (Å²) in [7, 11) is 0. The molecule has 7 nitrogen and oxygen atoms in total. The number of aliphatic imine (C=N–C) groups is 1. The Bertz CT molecular complexity index is 586. The van der Waals surface area contributed by atoms with Crippen molar-refractivity contribution < 1.29 is 19.8 Å². The van der Waals surface area contributed by atoms with Crippen molar-refractivity contribution in [3.05, 3.63) is 11.8 Å². The Morgan fingerprint density at radius 1 is 1.29 bits per heavy atom. The van der Waals surface area contributed by atoms with E-state index >= 15 is 0 Å². The molecule has 3 aliphatic rings. The van der Waals surface area contributed by atoms with E-state index in [0.717, 1.165) is 37.1 Å². The van der Waals surface area contributed by atoms with Gasteiger partial charge in [0, 0.05) is 30.4 Å². The van der Waals surface area contributed by atoms with Crippen LogP contribution in [0.2, 0.25) is 0 Å². The van der Waals surface area contributed by atoms with Crippen LogP contribution in [-0.2, 0) is 9.59 Å². The van der Waals surface area contributed by atoms with Crippen LogP contribution in [0.1, 0.15) is 44.9 Å². The molecule has 0 bridgehead atoms. The minimum Gasteiger partial charge on any atom is -0.480 e. The second-order valence-corrected chi connectivity index (χ2v) is 6.99. The van der Waals surface area contributed by atoms with Gasteiger partial charge in [-0.2, -0.15) is 0 Å². The Labute approximate surface area is 141 Å². The number of hydrogen-bond donors (Lipinski definition) is 3. The average molecular weight is 335 g/mol. The van der Waals surface area contributed by atoms with Crippen molar-refractivity contribution in [3.63, 3.8) is 0 Å². The molecule has 24 heavy (non-hydrogen) atoms. The maximum absolute atomic E-state index is 11.3. The van der Waals surface area contributed by atoms with Gasteiger partial charge < -0.3 is 20.8 Å². The third-order valence-electron chi connectivity index (χ3n) is 5.43. The lowest BCUT2D eigenvalue weighted by Gasteiger charge is -2.46. The van der Waals surface area contributed by atoms with Gasteiger partial charge in [-0.1, -0.05) is 0 Å². The standard InChI is InChI=1S/C17H25N3O4/c18-12(16(21)22)6-4-10-9-20-8-2-1-3-14(20)11-5-7-13(17(23)24)19-15(10)11/h9,11-14H,1-8,18H2,(H,21,22)(H,23,24). The fourth-order valence-electron chi connectivity index (χ4n) is 4.14. The maximum atomic E-state index is 11.3. The molecule has 1 saturated heterocycles. The molecule has 0 aromatic rings. The second-order valence-electron chi connectivity index (χ2n) is 6.99. The van der Waals surface area contributed by atoms with Crippen LogP contribution in [0, 0.1) is 5.92 Å². The van der Waals surface area contributed by atoms with Crippen molar-refractivity contribution in [2.24, 2.45) is 16.6 Å². The van der Waals surface area contributed by atoms with E-state index in [1.54, 1.807) is 0 Å². The monoisotopic (exact) mass is 335 g/mol. The number of hydrogen-bond acceptors (Lipinski definition) is 5. The van der Waals surface area contributed by atoms with Crippen LogP contribution in [0.25, 0.3) is 0 Å². The lowest BCUT2D eigenvalue weighted by atomic mass is 9.75. The molecule has 4 atom stereocenters. The maximum Gasteiger partial charge on any atom is 0.328 e. The van der Waals surface area contributed by atoms with E-state index in [1.165, 1.54) is 6.42 Å². The third-order valence-corrected chi connectivity index (χ3v) is 5.43. The van der Waals surface area contributed by atoms with Crippen LogP contribution in [0.4, 0.5) is 0 Å². The summed E-state index contributed by atoms with van der Waals surface area (Å²) < 4.78 is 0. The topological polar surface area (TPSA) is 116 Å². The van der Waals surface area contributed by atoms with Gasteiger partial charge in [-0.15, -0.1) is 0 Å². The lowest BCUT2D eigenvalue weighted by molar-refractivity contribution is -0.139. The number of nitrogens with two attached hydrogens (primary N) is 1. The molecule has 0 amide bonds. The number of piperidine rings is 1. The van der Waals surface area contributed by atoms with Gasteiger partial charge in [-0.25, -0.2) is 4.79 Å². The second kappa shape index (κ2) is 6.93. The molecule has 4 N–H and O–H groups in total. The van der Waals surface area contributed by atoms with Gasteiger partial charge in [-0.05, 0) is 50.5 Å². The molecule has 132 valence electrons. The number of nitrogens with zero attached hydrogens (tertiary/aromatic N) is 2. The SMILES string of the molecule is NC(CCC1=CN2CCCCC2C2CCC(C(=O)O)N=C12)C(=O)O. The molecule has 0 saturated carbocycles. The summed E-state index contributed by atoms with van der Waals surface area (Å²) >= 11 is 0. The molecular formula is C17H25N3O4. The predicted octanol–water partition coefficient (Wildman–Crippen LogP) is 1.23. The van der Waals surface area contributed by atoms with E-state index in [2.05, 4.69) is 16.1 Å². The normalized spacial score (nSPS) is 30.5. The van der Waals surface area contributed by atoms with Crippen molar-refractivity contribution in [1.29, 1.82) is 0 Å². The molecule has 0 spiro atoms. The Morgan fingerprint density at radius 3 is 2.79 bits per heavy atom. The minimum atomic E-state index is -1.01. The number of allylic oxidation sites excluding steroid dienone is 1. The lowest BCUT2D eigenvalue weighted by Crippen LogP contribution is -2.50. The first-order valence-electron chi connectivity index (χ1n) is 8.73. The first-order chi connectivity index (χ1) is 11.5. The quantitative estimate of drug-likeness (QED) is 0.696. The van der Waals surface area contributed by atoms with E-state index in [4.69, 9.17) is 10.8 Å². The fourth-order valence-corrected chi connectivity index (χ4v) is 4.14. The molecule has 3 heterocycles. The fraction of sp³-hybridized carbons (Fsp3) is 0.706. The molecule has 0 aliphatic carbocycles. The summed E-state index contributed by atoms with van der Waals surface area (Å²) in [5, 5.41) is 18.3. The van der Waals surface area contributed by atoms with Gasteiger partial charge in [0.05, 0.1) is 0 Å². The third kappa shape index (κ3) is 3.31. The van der Waals surface area contributed by atoms with E-state index in [1.807, 2.05) is 0 Å². The summed E-state index contributed by atoms with van der Waals surface area (Å²) in [6.07, 6.45) is 7.82. The van der Waals surface area contributed by atoms with Crippen molar-refractivity contribution in [1.82, 2.24) is 4.90 Å². The van der Waals surface area contributed by atoms with Crippen LogP contribution in [-0.4, -0.2) is 57.4 Å². The highest BCUT2D eigenvalue weighted by Crippen LogP contribution is 2.38. The molecule has 7 heteroatoms. The molecule has 3 aliphatic heterocycles. The minimum absolute atomic E-state index is 0.266. The van der Waals surface area contributed by atoms with E-state index in [9.17, 15) is 14.7 Å². The predicted molar refractivity (Wildman–Crippen MR) is 88.9 cm³/mol. The average Bonchev–Trinajstić information content (AvgIpc) is 2.58. The zero-order valence-corrected chi connectivity index (χ0v) is 13.7. The molecule has 0 aromatic heterocycles. The van der Waals surface area contributed by atoms with Gasteiger partial charge >= 0.3 is 11.9 Å². The van der Waals surface area contributed by atoms with Crippen LogP contribution in [0.3, 0.4) is 0 Å². The summed E-state index contributed by atoms with van der Waals surface area (Å²) in [5.41, 5.74) is 7.49. The molecule has 1 fully saturated rings. The Morgan fingerprint density at radius 2 is 2.08 bits per heavy atom. The number of carboxylic acid groups (broad SMARTS) is 2. The summed E-state index contributed by atoms with van der Waals surface area (Å²) in [6, 6.07) is -1.17. The van der Waals surface area contributed by atoms with Crippen LogP contribution in [0.15, 0.2) is 16.8 Å². The Kier molecular flexibility index (Phi) is 4.89. The zero-order chi connectivity index (χ0) is 17.3. The van der Waals surface area contributed by atoms with Gasteiger partial charge in [0.1, 0.15) is 12.1 Å². The number of fused-ring (bicyclic) bond motifs is 3.